The minimum absolute atomic E-state index is 0.270. The van der Waals surface area contributed by atoms with Crippen molar-refractivity contribution >= 4 is 52.1 Å². The summed E-state index contributed by atoms with van der Waals surface area (Å²) in [5.74, 6) is -1.37. The first-order valence-electron chi connectivity index (χ1n) is 8.54. The average Bonchev–Trinajstić information content (AvgIpc) is 3.35. The zero-order valence-electron chi connectivity index (χ0n) is 15.2. The number of carbonyl (C=O) groups excluding carboxylic acids is 3. The number of nitrogens with one attached hydrogen (secondary N) is 2. The first-order chi connectivity index (χ1) is 13.0. The van der Waals surface area contributed by atoms with Crippen molar-refractivity contribution in [1.29, 1.82) is 0 Å². The van der Waals surface area contributed by atoms with Gasteiger partial charge in [-0.15, -0.1) is 22.7 Å². The van der Waals surface area contributed by atoms with Gasteiger partial charge in [0.25, 0.3) is 5.91 Å². The Morgan fingerprint density at radius 3 is 2.56 bits per heavy atom. The summed E-state index contributed by atoms with van der Waals surface area (Å²) in [4.78, 5) is 37.9. The molecule has 0 bridgehead atoms. The normalized spacial score (nSPS) is 12.3. The number of rotatable bonds is 9. The van der Waals surface area contributed by atoms with Crippen LogP contribution < -0.4 is 10.6 Å². The lowest BCUT2D eigenvalue weighted by atomic mass is 10.2. The minimum Gasteiger partial charge on any atom is -0.452 e. The minimum atomic E-state index is -0.693. The summed E-state index contributed by atoms with van der Waals surface area (Å²) < 4.78 is 5.16. The van der Waals surface area contributed by atoms with Gasteiger partial charge in [0, 0.05) is 16.3 Å². The van der Waals surface area contributed by atoms with Crippen molar-refractivity contribution in [2.45, 2.75) is 26.3 Å². The molecular formula is C19H22N2O4S2. The monoisotopic (exact) mass is 406 g/mol. The number of thiophene rings is 2. The van der Waals surface area contributed by atoms with Gasteiger partial charge >= 0.3 is 5.97 Å². The maximum Gasteiger partial charge on any atom is 0.340 e. The molecule has 0 aliphatic heterocycles. The number of ether oxygens (including phenoxy) is 1. The van der Waals surface area contributed by atoms with E-state index in [4.69, 9.17) is 4.74 Å². The molecule has 2 aromatic heterocycles. The predicted molar refractivity (Wildman–Crippen MR) is 108 cm³/mol. The van der Waals surface area contributed by atoms with Crippen molar-refractivity contribution in [3.63, 3.8) is 0 Å². The van der Waals surface area contributed by atoms with Gasteiger partial charge in [0.15, 0.2) is 6.61 Å². The molecule has 0 saturated carbocycles. The van der Waals surface area contributed by atoms with E-state index in [1.165, 1.54) is 22.7 Å². The van der Waals surface area contributed by atoms with Gasteiger partial charge in [-0.1, -0.05) is 19.1 Å². The van der Waals surface area contributed by atoms with E-state index in [0.29, 0.717) is 12.1 Å². The van der Waals surface area contributed by atoms with Gasteiger partial charge in [-0.3, -0.25) is 9.59 Å². The Morgan fingerprint density at radius 1 is 1.19 bits per heavy atom. The molecule has 0 aliphatic carbocycles. The molecule has 2 amide bonds. The quantitative estimate of drug-likeness (QED) is 0.495. The number of carbonyl (C=O) groups is 3. The Labute approximate surface area is 166 Å². The largest absolute Gasteiger partial charge is 0.452 e. The molecule has 8 heteroatoms. The third-order valence-corrected chi connectivity index (χ3v) is 5.21. The highest BCUT2D eigenvalue weighted by atomic mass is 32.1. The number of amides is 2. The average molecular weight is 407 g/mol. The van der Waals surface area contributed by atoms with E-state index in [1.54, 1.807) is 13.0 Å². The smallest absolute Gasteiger partial charge is 0.340 e. The van der Waals surface area contributed by atoms with E-state index >= 15 is 0 Å². The Balaban J connectivity index is 1.94. The van der Waals surface area contributed by atoms with Crippen LogP contribution in [0.2, 0.25) is 0 Å². The molecule has 0 unspecified atom stereocenters. The maximum absolute atomic E-state index is 12.5. The van der Waals surface area contributed by atoms with Crippen molar-refractivity contribution in [1.82, 2.24) is 10.6 Å². The fourth-order valence-corrected chi connectivity index (χ4v) is 3.52. The highest BCUT2D eigenvalue weighted by Gasteiger charge is 2.19. The molecular weight excluding hydrogens is 384 g/mol. The highest BCUT2D eigenvalue weighted by Crippen LogP contribution is 2.25. The van der Waals surface area contributed by atoms with Crippen molar-refractivity contribution < 1.29 is 19.1 Å². The Morgan fingerprint density at radius 2 is 1.93 bits per heavy atom. The standard InChI is InChI=1S/C19H22N2O4S2/c1-3-8-20-18(23)13(2)21-17(22)12-25-19(24)15(16-7-5-10-27-16)11-14-6-4-9-26-14/h4-7,9-11,13H,3,8,12H2,1-2H3,(H,20,23)(H,21,22)/b15-11+/t13-/m0/s1. The van der Waals surface area contributed by atoms with Crippen LogP contribution in [0.4, 0.5) is 0 Å². The molecule has 2 N–H and O–H groups in total. The maximum atomic E-state index is 12.5. The Bertz CT molecular complexity index is 783. The van der Waals surface area contributed by atoms with Crippen LogP contribution >= 0.6 is 22.7 Å². The van der Waals surface area contributed by atoms with E-state index in [0.717, 1.165) is 16.2 Å². The van der Waals surface area contributed by atoms with E-state index < -0.39 is 24.5 Å². The van der Waals surface area contributed by atoms with Crippen LogP contribution in [0, 0.1) is 0 Å². The van der Waals surface area contributed by atoms with Gasteiger partial charge in [0.2, 0.25) is 5.91 Å². The third kappa shape index (κ3) is 6.65. The van der Waals surface area contributed by atoms with E-state index in [2.05, 4.69) is 10.6 Å². The summed E-state index contributed by atoms with van der Waals surface area (Å²) >= 11 is 2.92. The molecule has 144 valence electrons. The first kappa shape index (κ1) is 20.9. The fraction of sp³-hybridized carbons (Fsp3) is 0.316. The van der Waals surface area contributed by atoms with Gasteiger partial charge in [-0.25, -0.2) is 4.79 Å². The molecule has 2 aromatic rings. The van der Waals surface area contributed by atoms with Crippen LogP contribution in [0.25, 0.3) is 11.6 Å². The van der Waals surface area contributed by atoms with Crippen LogP contribution in [0.5, 0.6) is 0 Å². The molecule has 0 spiro atoms. The van der Waals surface area contributed by atoms with Crippen LogP contribution in [-0.4, -0.2) is 37.0 Å². The molecule has 6 nitrogen and oxygen atoms in total. The van der Waals surface area contributed by atoms with Crippen LogP contribution in [0.15, 0.2) is 35.0 Å². The molecule has 27 heavy (non-hydrogen) atoms. The van der Waals surface area contributed by atoms with Crippen molar-refractivity contribution in [2.75, 3.05) is 13.2 Å². The molecule has 1 atom stereocenters. The van der Waals surface area contributed by atoms with Gasteiger partial charge in [0.05, 0.1) is 5.57 Å². The number of esters is 1. The second kappa shape index (κ2) is 10.6. The summed E-state index contributed by atoms with van der Waals surface area (Å²) in [5.41, 5.74) is 0.397. The lowest BCUT2D eigenvalue weighted by molar-refractivity contribution is -0.143. The van der Waals surface area contributed by atoms with Crippen LogP contribution in [0.3, 0.4) is 0 Å². The first-order valence-corrected chi connectivity index (χ1v) is 10.3. The van der Waals surface area contributed by atoms with Crippen molar-refractivity contribution in [3.05, 3.63) is 44.8 Å². The molecule has 0 saturated heterocycles. The topological polar surface area (TPSA) is 84.5 Å². The summed E-state index contributed by atoms with van der Waals surface area (Å²) in [6.45, 7) is 3.62. The lowest BCUT2D eigenvalue weighted by Crippen LogP contribution is -2.46. The van der Waals surface area contributed by atoms with Crippen molar-refractivity contribution in [3.8, 4) is 0 Å². The zero-order chi connectivity index (χ0) is 19.6. The molecule has 0 radical (unpaired) electrons. The van der Waals surface area contributed by atoms with E-state index in [1.807, 2.05) is 41.9 Å². The zero-order valence-corrected chi connectivity index (χ0v) is 16.8. The number of hydrogen-bond donors (Lipinski definition) is 2. The van der Waals surface area contributed by atoms with Gasteiger partial charge < -0.3 is 15.4 Å². The predicted octanol–water partition coefficient (Wildman–Crippen LogP) is 2.92. The number of hydrogen-bond acceptors (Lipinski definition) is 6. The summed E-state index contributed by atoms with van der Waals surface area (Å²) in [6.07, 6.45) is 2.56. The lowest BCUT2D eigenvalue weighted by Gasteiger charge is -2.14. The summed E-state index contributed by atoms with van der Waals surface area (Å²) in [7, 11) is 0. The van der Waals surface area contributed by atoms with Crippen LogP contribution in [0.1, 0.15) is 30.0 Å². The molecule has 2 heterocycles. The molecule has 0 aliphatic rings. The summed E-state index contributed by atoms with van der Waals surface area (Å²) in [6, 6.07) is 6.77. The Hall–Kier alpha value is -2.45. The Kier molecular flexibility index (Phi) is 8.22. The van der Waals surface area contributed by atoms with Gasteiger partial charge in [-0.2, -0.15) is 0 Å². The molecule has 0 aromatic carbocycles. The van der Waals surface area contributed by atoms with Gasteiger partial charge in [0.1, 0.15) is 6.04 Å². The second-order valence-corrected chi connectivity index (χ2v) is 7.63. The van der Waals surface area contributed by atoms with E-state index in [-0.39, 0.29) is 5.91 Å². The van der Waals surface area contributed by atoms with Crippen LogP contribution in [-0.2, 0) is 19.1 Å². The second-order valence-electron chi connectivity index (χ2n) is 5.71. The third-order valence-electron chi connectivity index (χ3n) is 3.49. The van der Waals surface area contributed by atoms with E-state index in [9.17, 15) is 14.4 Å². The summed E-state index contributed by atoms with van der Waals surface area (Å²) in [5, 5.41) is 9.00. The SMILES string of the molecule is CCCNC(=O)[C@H](C)NC(=O)COC(=O)/C(=C/c1cccs1)c1cccs1. The molecule has 0 fully saturated rings. The molecule has 2 rings (SSSR count). The van der Waals surface area contributed by atoms with Crippen molar-refractivity contribution in [2.24, 2.45) is 0 Å². The fourth-order valence-electron chi connectivity index (χ4n) is 2.14. The van der Waals surface area contributed by atoms with Gasteiger partial charge in [-0.05, 0) is 42.3 Å². The highest BCUT2D eigenvalue weighted by molar-refractivity contribution is 7.12.